The smallest absolute Gasteiger partial charge is 0.119 e. The largest absolute Gasteiger partial charge is 0.497 e. The molecule has 1 aliphatic heterocycles. The minimum atomic E-state index is 0.637. The Morgan fingerprint density at radius 1 is 1.39 bits per heavy atom. The number of fused-ring (bicyclic) bond motifs is 1. The highest BCUT2D eigenvalue weighted by atomic mass is 16.5. The van der Waals surface area contributed by atoms with Crippen LogP contribution < -0.4 is 9.64 Å². The lowest BCUT2D eigenvalue weighted by Crippen LogP contribution is -2.23. The molecule has 2 rings (SSSR count). The standard InChI is InChI=1S/C15H24N2O/c1-5-17-11-12(8-9-16(2)3)14-10-13(18-4)6-7-15(14)17/h6-7,10,12H,5,8-9,11H2,1-4H3/t12-/m1/s1. The molecule has 0 unspecified atom stereocenters. The van der Waals surface area contributed by atoms with E-state index in [1.54, 1.807) is 7.11 Å². The summed E-state index contributed by atoms with van der Waals surface area (Å²) in [5, 5.41) is 0. The van der Waals surface area contributed by atoms with E-state index in [2.05, 4.69) is 49.0 Å². The summed E-state index contributed by atoms with van der Waals surface area (Å²) in [5.74, 6) is 1.61. The first kappa shape index (κ1) is 13.2. The lowest BCUT2D eigenvalue weighted by Gasteiger charge is -2.18. The van der Waals surface area contributed by atoms with Crippen LogP contribution in [0.3, 0.4) is 0 Å². The van der Waals surface area contributed by atoms with E-state index in [-0.39, 0.29) is 0 Å². The van der Waals surface area contributed by atoms with Gasteiger partial charge in [0.25, 0.3) is 0 Å². The third kappa shape index (κ3) is 2.61. The predicted molar refractivity (Wildman–Crippen MR) is 76.8 cm³/mol. The molecule has 1 aromatic carbocycles. The monoisotopic (exact) mass is 248 g/mol. The van der Waals surface area contributed by atoms with E-state index < -0.39 is 0 Å². The summed E-state index contributed by atoms with van der Waals surface area (Å²) in [7, 11) is 6.02. The van der Waals surface area contributed by atoms with Gasteiger partial charge in [-0.1, -0.05) is 0 Å². The third-order valence-electron chi connectivity index (χ3n) is 3.76. The molecule has 1 aliphatic rings. The van der Waals surface area contributed by atoms with Crippen molar-refractivity contribution in [3.63, 3.8) is 0 Å². The van der Waals surface area contributed by atoms with Crippen LogP contribution in [0.15, 0.2) is 18.2 Å². The minimum Gasteiger partial charge on any atom is -0.497 e. The van der Waals surface area contributed by atoms with Crippen LogP contribution in [-0.4, -0.2) is 45.7 Å². The Hall–Kier alpha value is -1.22. The van der Waals surface area contributed by atoms with Gasteiger partial charge >= 0.3 is 0 Å². The molecule has 1 aromatic rings. The number of ether oxygens (including phenoxy) is 1. The van der Waals surface area contributed by atoms with Crippen molar-refractivity contribution in [3.8, 4) is 5.75 Å². The maximum atomic E-state index is 5.35. The number of rotatable bonds is 5. The summed E-state index contributed by atoms with van der Waals surface area (Å²) in [6.07, 6.45) is 1.21. The molecule has 0 N–H and O–H groups in total. The number of hydrogen-bond donors (Lipinski definition) is 0. The fourth-order valence-corrected chi connectivity index (χ4v) is 2.70. The molecule has 0 amide bonds. The Balaban J connectivity index is 2.21. The predicted octanol–water partition coefficient (Wildman–Crippen LogP) is 2.57. The van der Waals surface area contributed by atoms with Gasteiger partial charge in [-0.2, -0.15) is 0 Å². The zero-order valence-corrected chi connectivity index (χ0v) is 11.9. The zero-order chi connectivity index (χ0) is 13.1. The molecule has 0 bridgehead atoms. The maximum absolute atomic E-state index is 5.35. The van der Waals surface area contributed by atoms with Crippen molar-refractivity contribution in [3.05, 3.63) is 23.8 Å². The second kappa shape index (κ2) is 5.61. The molecule has 0 aliphatic carbocycles. The van der Waals surface area contributed by atoms with Gasteiger partial charge in [0.1, 0.15) is 5.75 Å². The Morgan fingerprint density at radius 2 is 2.17 bits per heavy atom. The molecular formula is C15H24N2O. The lowest BCUT2D eigenvalue weighted by molar-refractivity contribution is 0.383. The average molecular weight is 248 g/mol. The molecule has 0 fully saturated rings. The number of nitrogens with zero attached hydrogens (tertiary/aromatic N) is 2. The van der Waals surface area contributed by atoms with Crippen molar-refractivity contribution in [2.75, 3.05) is 45.7 Å². The van der Waals surface area contributed by atoms with Crippen LogP contribution in [-0.2, 0) is 0 Å². The van der Waals surface area contributed by atoms with Gasteiger partial charge in [0, 0.05) is 24.7 Å². The van der Waals surface area contributed by atoms with E-state index in [4.69, 9.17) is 4.74 Å². The van der Waals surface area contributed by atoms with E-state index in [0.717, 1.165) is 25.4 Å². The van der Waals surface area contributed by atoms with Crippen LogP contribution in [0.2, 0.25) is 0 Å². The number of methoxy groups -OCH3 is 1. The quantitative estimate of drug-likeness (QED) is 0.796. The fraction of sp³-hybridized carbons (Fsp3) is 0.600. The normalized spacial score (nSPS) is 18.3. The van der Waals surface area contributed by atoms with Gasteiger partial charge in [0.15, 0.2) is 0 Å². The summed E-state index contributed by atoms with van der Waals surface area (Å²) >= 11 is 0. The second-order valence-corrected chi connectivity index (χ2v) is 5.25. The van der Waals surface area contributed by atoms with Crippen LogP contribution in [0.4, 0.5) is 5.69 Å². The Kier molecular flexibility index (Phi) is 4.12. The number of anilines is 1. The van der Waals surface area contributed by atoms with Gasteiger partial charge in [0.05, 0.1) is 7.11 Å². The Labute approximate surface area is 110 Å². The molecule has 3 nitrogen and oxygen atoms in total. The van der Waals surface area contributed by atoms with Crippen LogP contribution >= 0.6 is 0 Å². The highest BCUT2D eigenvalue weighted by Crippen LogP contribution is 2.39. The van der Waals surface area contributed by atoms with Crippen LogP contribution in [0, 0.1) is 0 Å². The molecule has 0 saturated carbocycles. The molecule has 1 atom stereocenters. The first-order valence-electron chi connectivity index (χ1n) is 6.73. The summed E-state index contributed by atoms with van der Waals surface area (Å²) < 4.78 is 5.35. The molecule has 1 heterocycles. The van der Waals surface area contributed by atoms with Gasteiger partial charge in [-0.3, -0.25) is 0 Å². The Bertz CT molecular complexity index is 403. The van der Waals surface area contributed by atoms with E-state index in [0.29, 0.717) is 5.92 Å². The summed E-state index contributed by atoms with van der Waals surface area (Å²) in [6, 6.07) is 6.48. The van der Waals surface area contributed by atoms with E-state index in [9.17, 15) is 0 Å². The van der Waals surface area contributed by atoms with Crippen LogP contribution in [0.5, 0.6) is 5.75 Å². The summed E-state index contributed by atoms with van der Waals surface area (Å²) in [5.41, 5.74) is 2.85. The maximum Gasteiger partial charge on any atom is 0.119 e. The van der Waals surface area contributed by atoms with Crippen molar-refractivity contribution in [1.29, 1.82) is 0 Å². The SMILES string of the molecule is CCN1C[C@@H](CCN(C)C)c2cc(OC)ccc21. The van der Waals surface area contributed by atoms with E-state index >= 15 is 0 Å². The van der Waals surface area contributed by atoms with Gasteiger partial charge in [-0.15, -0.1) is 0 Å². The molecule has 100 valence electrons. The van der Waals surface area contributed by atoms with E-state index in [1.165, 1.54) is 17.7 Å². The molecule has 0 aromatic heterocycles. The van der Waals surface area contributed by atoms with Crippen LogP contribution in [0.1, 0.15) is 24.8 Å². The van der Waals surface area contributed by atoms with E-state index in [1.807, 2.05) is 0 Å². The fourth-order valence-electron chi connectivity index (χ4n) is 2.70. The van der Waals surface area contributed by atoms with Crippen molar-refractivity contribution < 1.29 is 4.74 Å². The minimum absolute atomic E-state index is 0.637. The van der Waals surface area contributed by atoms with Gasteiger partial charge in [-0.05, 0) is 57.7 Å². The first-order valence-corrected chi connectivity index (χ1v) is 6.73. The van der Waals surface area contributed by atoms with Crippen molar-refractivity contribution in [2.45, 2.75) is 19.3 Å². The van der Waals surface area contributed by atoms with Gasteiger partial charge in [0.2, 0.25) is 0 Å². The second-order valence-electron chi connectivity index (χ2n) is 5.25. The topological polar surface area (TPSA) is 15.7 Å². The third-order valence-corrected chi connectivity index (χ3v) is 3.76. The summed E-state index contributed by atoms with van der Waals surface area (Å²) in [4.78, 5) is 4.73. The molecule has 0 saturated heterocycles. The van der Waals surface area contributed by atoms with Crippen molar-refractivity contribution in [1.82, 2.24) is 4.90 Å². The number of benzene rings is 1. The Morgan fingerprint density at radius 3 is 2.78 bits per heavy atom. The zero-order valence-electron chi connectivity index (χ0n) is 11.9. The van der Waals surface area contributed by atoms with Gasteiger partial charge in [-0.25, -0.2) is 0 Å². The molecule has 0 radical (unpaired) electrons. The van der Waals surface area contributed by atoms with Crippen molar-refractivity contribution >= 4 is 5.69 Å². The highest BCUT2D eigenvalue weighted by molar-refractivity contribution is 5.62. The first-order chi connectivity index (χ1) is 8.65. The van der Waals surface area contributed by atoms with Gasteiger partial charge < -0.3 is 14.5 Å². The molecule has 3 heteroatoms. The molecular weight excluding hydrogens is 224 g/mol. The molecule has 0 spiro atoms. The number of hydrogen-bond acceptors (Lipinski definition) is 3. The van der Waals surface area contributed by atoms with Crippen LogP contribution in [0.25, 0.3) is 0 Å². The van der Waals surface area contributed by atoms with Crippen molar-refractivity contribution in [2.24, 2.45) is 0 Å². The highest BCUT2D eigenvalue weighted by Gasteiger charge is 2.27. The summed E-state index contributed by atoms with van der Waals surface area (Å²) in [6.45, 7) is 5.59. The lowest BCUT2D eigenvalue weighted by atomic mass is 9.97. The molecule has 18 heavy (non-hydrogen) atoms. The average Bonchev–Trinajstić information content (AvgIpc) is 2.73. The number of likely N-dealkylation sites (N-methyl/N-ethyl adjacent to an activating group) is 1.